The highest BCUT2D eigenvalue weighted by Crippen LogP contribution is 2.19. The molecule has 2 N–H and O–H groups in total. The van der Waals surface area contributed by atoms with Crippen LogP contribution in [0.25, 0.3) is 0 Å². The van der Waals surface area contributed by atoms with Crippen molar-refractivity contribution >= 4 is 5.69 Å². The molecule has 0 unspecified atom stereocenters. The third-order valence-electron chi connectivity index (χ3n) is 3.24. The van der Waals surface area contributed by atoms with Gasteiger partial charge in [-0.3, -0.25) is 0 Å². The highest BCUT2D eigenvalue weighted by atomic mass is 19.1. The molecular formula is C16H19FN2. The summed E-state index contributed by atoms with van der Waals surface area (Å²) >= 11 is 0. The van der Waals surface area contributed by atoms with Gasteiger partial charge in [0.25, 0.3) is 0 Å². The molecule has 19 heavy (non-hydrogen) atoms. The number of hydrogen-bond acceptors (Lipinski definition) is 2. The molecule has 0 spiro atoms. The van der Waals surface area contributed by atoms with Crippen LogP contribution in [-0.4, -0.2) is 6.54 Å². The number of para-hydroxylation sites is 1. The van der Waals surface area contributed by atoms with Crippen molar-refractivity contribution in [1.29, 1.82) is 0 Å². The summed E-state index contributed by atoms with van der Waals surface area (Å²) in [6.07, 6.45) is 0. The molecule has 2 aromatic carbocycles. The van der Waals surface area contributed by atoms with E-state index in [0.717, 1.165) is 12.2 Å². The molecule has 3 heteroatoms. The van der Waals surface area contributed by atoms with Crippen molar-refractivity contribution in [3.63, 3.8) is 0 Å². The van der Waals surface area contributed by atoms with E-state index in [2.05, 4.69) is 11.8 Å². The Morgan fingerprint density at radius 3 is 2.32 bits per heavy atom. The van der Waals surface area contributed by atoms with Crippen molar-refractivity contribution in [3.05, 3.63) is 65.5 Å². The Balaban J connectivity index is 2.24. The molecule has 0 atom stereocenters. The van der Waals surface area contributed by atoms with Crippen LogP contribution in [0.1, 0.15) is 18.1 Å². The summed E-state index contributed by atoms with van der Waals surface area (Å²) in [4.78, 5) is 2.14. The number of benzene rings is 2. The molecule has 0 aliphatic carbocycles. The van der Waals surface area contributed by atoms with Gasteiger partial charge in [0.2, 0.25) is 0 Å². The highest BCUT2D eigenvalue weighted by molar-refractivity contribution is 5.46. The van der Waals surface area contributed by atoms with Crippen LogP contribution in [0.3, 0.4) is 0 Å². The Morgan fingerprint density at radius 1 is 1.00 bits per heavy atom. The molecular weight excluding hydrogens is 239 g/mol. The normalized spacial score (nSPS) is 10.5. The van der Waals surface area contributed by atoms with E-state index in [1.165, 1.54) is 0 Å². The molecule has 2 nitrogen and oxygen atoms in total. The van der Waals surface area contributed by atoms with Gasteiger partial charge in [0.15, 0.2) is 0 Å². The second-order valence-corrected chi connectivity index (χ2v) is 4.44. The van der Waals surface area contributed by atoms with Gasteiger partial charge in [0, 0.05) is 36.4 Å². The van der Waals surface area contributed by atoms with Crippen molar-refractivity contribution in [2.75, 3.05) is 11.4 Å². The number of rotatable bonds is 5. The van der Waals surface area contributed by atoms with E-state index in [-0.39, 0.29) is 12.4 Å². The van der Waals surface area contributed by atoms with E-state index >= 15 is 0 Å². The summed E-state index contributed by atoms with van der Waals surface area (Å²) < 4.78 is 14.2. The lowest BCUT2D eigenvalue weighted by atomic mass is 10.1. The maximum Gasteiger partial charge on any atom is 0.132 e. The molecule has 0 bridgehead atoms. The Labute approximate surface area is 113 Å². The minimum absolute atomic E-state index is 0.181. The first kappa shape index (κ1) is 13.6. The predicted molar refractivity (Wildman–Crippen MR) is 77.5 cm³/mol. The SMILES string of the molecule is CCN(Cc1cccc(CN)c1F)c1ccccc1. The van der Waals surface area contributed by atoms with E-state index in [9.17, 15) is 4.39 Å². The fraction of sp³-hybridized carbons (Fsp3) is 0.250. The molecule has 0 aliphatic rings. The first-order valence-corrected chi connectivity index (χ1v) is 6.52. The van der Waals surface area contributed by atoms with Crippen LogP contribution < -0.4 is 10.6 Å². The van der Waals surface area contributed by atoms with Crippen LogP contribution in [0, 0.1) is 5.82 Å². The molecule has 0 fully saturated rings. The van der Waals surface area contributed by atoms with Gasteiger partial charge in [0.05, 0.1) is 0 Å². The van der Waals surface area contributed by atoms with Crippen LogP contribution in [0.5, 0.6) is 0 Å². The van der Waals surface area contributed by atoms with Crippen molar-refractivity contribution in [2.45, 2.75) is 20.0 Å². The summed E-state index contributed by atoms with van der Waals surface area (Å²) in [6, 6.07) is 15.4. The topological polar surface area (TPSA) is 29.3 Å². The van der Waals surface area contributed by atoms with E-state index in [4.69, 9.17) is 5.73 Å². The van der Waals surface area contributed by atoms with Gasteiger partial charge in [-0.05, 0) is 19.1 Å². The Bertz CT molecular complexity index is 526. The molecule has 0 aliphatic heterocycles. The van der Waals surface area contributed by atoms with Crippen molar-refractivity contribution < 1.29 is 4.39 Å². The average Bonchev–Trinajstić information content (AvgIpc) is 2.47. The fourth-order valence-electron chi connectivity index (χ4n) is 2.14. The van der Waals surface area contributed by atoms with Crippen LogP contribution in [-0.2, 0) is 13.1 Å². The molecule has 100 valence electrons. The molecule has 2 rings (SSSR count). The second-order valence-electron chi connectivity index (χ2n) is 4.44. The fourth-order valence-corrected chi connectivity index (χ4v) is 2.14. The van der Waals surface area contributed by atoms with Crippen LogP contribution >= 0.6 is 0 Å². The van der Waals surface area contributed by atoms with E-state index in [1.807, 2.05) is 42.5 Å². The van der Waals surface area contributed by atoms with Crippen molar-refractivity contribution in [3.8, 4) is 0 Å². The summed E-state index contributed by atoms with van der Waals surface area (Å²) in [5.74, 6) is -0.181. The first-order valence-electron chi connectivity index (χ1n) is 6.52. The monoisotopic (exact) mass is 258 g/mol. The minimum Gasteiger partial charge on any atom is -0.367 e. The Morgan fingerprint density at radius 2 is 1.68 bits per heavy atom. The highest BCUT2D eigenvalue weighted by Gasteiger charge is 2.10. The number of halogens is 1. The predicted octanol–water partition coefficient (Wildman–Crippen LogP) is 3.31. The molecule has 0 heterocycles. The number of nitrogens with two attached hydrogens (primary N) is 1. The van der Waals surface area contributed by atoms with Gasteiger partial charge in [-0.15, -0.1) is 0 Å². The maximum absolute atomic E-state index is 14.2. The van der Waals surface area contributed by atoms with Crippen LogP contribution in [0.4, 0.5) is 10.1 Å². The summed E-state index contributed by atoms with van der Waals surface area (Å²) in [5.41, 5.74) is 7.90. The second kappa shape index (κ2) is 6.34. The number of nitrogens with zero attached hydrogens (tertiary/aromatic N) is 1. The summed E-state index contributed by atoms with van der Waals surface area (Å²) in [6.45, 7) is 3.69. The number of hydrogen-bond donors (Lipinski definition) is 1. The van der Waals surface area contributed by atoms with Crippen molar-refractivity contribution in [1.82, 2.24) is 0 Å². The molecule has 0 amide bonds. The van der Waals surface area contributed by atoms with E-state index in [0.29, 0.717) is 17.7 Å². The maximum atomic E-state index is 14.2. The molecule has 0 aromatic heterocycles. The van der Waals surface area contributed by atoms with Crippen molar-refractivity contribution in [2.24, 2.45) is 5.73 Å². The zero-order chi connectivity index (χ0) is 13.7. The first-order chi connectivity index (χ1) is 9.26. The Hall–Kier alpha value is -1.87. The van der Waals surface area contributed by atoms with Gasteiger partial charge < -0.3 is 10.6 Å². The molecule has 0 radical (unpaired) electrons. The van der Waals surface area contributed by atoms with Gasteiger partial charge in [0.1, 0.15) is 5.82 Å². The quantitative estimate of drug-likeness (QED) is 0.891. The lowest BCUT2D eigenvalue weighted by Crippen LogP contribution is -2.22. The smallest absolute Gasteiger partial charge is 0.132 e. The van der Waals surface area contributed by atoms with Gasteiger partial charge in [-0.2, -0.15) is 0 Å². The molecule has 0 saturated carbocycles. The molecule has 2 aromatic rings. The Kier molecular flexibility index (Phi) is 4.53. The average molecular weight is 258 g/mol. The number of anilines is 1. The van der Waals surface area contributed by atoms with Crippen LogP contribution in [0.15, 0.2) is 48.5 Å². The lowest BCUT2D eigenvalue weighted by Gasteiger charge is -2.23. The van der Waals surface area contributed by atoms with Gasteiger partial charge in [-0.1, -0.05) is 36.4 Å². The van der Waals surface area contributed by atoms with Crippen LogP contribution in [0.2, 0.25) is 0 Å². The molecule has 0 saturated heterocycles. The minimum atomic E-state index is -0.181. The van der Waals surface area contributed by atoms with E-state index in [1.54, 1.807) is 6.07 Å². The van der Waals surface area contributed by atoms with Gasteiger partial charge >= 0.3 is 0 Å². The zero-order valence-electron chi connectivity index (χ0n) is 11.1. The third-order valence-corrected chi connectivity index (χ3v) is 3.24. The lowest BCUT2D eigenvalue weighted by molar-refractivity contribution is 0.589. The van der Waals surface area contributed by atoms with E-state index < -0.39 is 0 Å². The van der Waals surface area contributed by atoms with Gasteiger partial charge in [-0.25, -0.2) is 4.39 Å². The standard InChI is InChI=1S/C16H19FN2/c1-2-19(15-9-4-3-5-10-15)12-14-8-6-7-13(11-18)16(14)17/h3-10H,2,11-12,18H2,1H3. The zero-order valence-corrected chi connectivity index (χ0v) is 11.1. The third kappa shape index (κ3) is 3.12. The summed E-state index contributed by atoms with van der Waals surface area (Å²) in [7, 11) is 0. The largest absolute Gasteiger partial charge is 0.367 e. The summed E-state index contributed by atoms with van der Waals surface area (Å²) in [5, 5.41) is 0.